The van der Waals surface area contributed by atoms with Crippen LogP contribution < -0.4 is 5.73 Å². The van der Waals surface area contributed by atoms with Crippen molar-refractivity contribution in [3.8, 4) is 0 Å². The van der Waals surface area contributed by atoms with Gasteiger partial charge in [0.2, 0.25) is 0 Å². The van der Waals surface area contributed by atoms with Crippen LogP contribution in [-0.2, 0) is 19.3 Å². The maximum atomic E-state index is 6.08. The van der Waals surface area contributed by atoms with E-state index in [9.17, 15) is 0 Å². The Morgan fingerprint density at radius 3 is 1.12 bits per heavy atom. The minimum absolute atomic E-state index is 0.138. The van der Waals surface area contributed by atoms with Crippen molar-refractivity contribution < 1.29 is 0 Å². The summed E-state index contributed by atoms with van der Waals surface area (Å²) in [7, 11) is 0. The van der Waals surface area contributed by atoms with Gasteiger partial charge >= 0.3 is 0 Å². The lowest BCUT2D eigenvalue weighted by Crippen LogP contribution is -2.32. The van der Waals surface area contributed by atoms with Crippen molar-refractivity contribution in [2.75, 3.05) is 6.54 Å². The molecule has 1 nitrogen and oxygen atoms in total. The molecule has 0 amide bonds. The fourth-order valence-corrected chi connectivity index (χ4v) is 3.85. The Morgan fingerprint density at radius 1 is 0.520 bits per heavy atom. The molecular formula is C24H27N. The summed E-state index contributed by atoms with van der Waals surface area (Å²) in [5.41, 5.74) is 10.4. The molecule has 128 valence electrons. The molecule has 3 rings (SSSR count). The van der Waals surface area contributed by atoms with Gasteiger partial charge in [0.25, 0.3) is 0 Å². The largest absolute Gasteiger partial charge is 0.330 e. The van der Waals surface area contributed by atoms with Crippen LogP contribution in [-0.4, -0.2) is 6.54 Å². The van der Waals surface area contributed by atoms with E-state index >= 15 is 0 Å². The van der Waals surface area contributed by atoms with E-state index < -0.39 is 0 Å². The van der Waals surface area contributed by atoms with Gasteiger partial charge in [-0.1, -0.05) is 91.0 Å². The highest BCUT2D eigenvalue weighted by atomic mass is 14.5. The topological polar surface area (TPSA) is 26.0 Å². The van der Waals surface area contributed by atoms with Crippen molar-refractivity contribution in [3.63, 3.8) is 0 Å². The van der Waals surface area contributed by atoms with Gasteiger partial charge in [-0.25, -0.2) is 0 Å². The first-order valence-electron chi connectivity index (χ1n) is 9.12. The zero-order chi connectivity index (χ0) is 17.4. The first kappa shape index (κ1) is 17.4. The van der Waals surface area contributed by atoms with Crippen LogP contribution in [0.2, 0.25) is 0 Å². The molecule has 0 aliphatic heterocycles. The van der Waals surface area contributed by atoms with Crippen LogP contribution in [0.15, 0.2) is 91.0 Å². The van der Waals surface area contributed by atoms with Gasteiger partial charge in [0, 0.05) is 0 Å². The summed E-state index contributed by atoms with van der Waals surface area (Å²) in [4.78, 5) is 0. The lowest BCUT2D eigenvalue weighted by Gasteiger charge is -2.35. The third kappa shape index (κ3) is 5.04. The quantitative estimate of drug-likeness (QED) is 0.615. The Bertz CT molecular complexity index is 633. The normalized spacial score (nSPS) is 11.4. The van der Waals surface area contributed by atoms with Crippen LogP contribution in [0.4, 0.5) is 0 Å². The van der Waals surface area contributed by atoms with Gasteiger partial charge in [0.1, 0.15) is 0 Å². The molecule has 0 saturated carbocycles. The molecule has 2 N–H and O–H groups in total. The standard InChI is InChI=1S/C24H27N/c25-17-16-24(18-21-10-4-1-5-11-21,19-22-12-6-2-7-13-22)20-23-14-8-3-9-15-23/h1-15H,16-20,25H2. The zero-order valence-electron chi connectivity index (χ0n) is 14.8. The molecule has 0 aromatic heterocycles. The fraction of sp³-hybridized carbons (Fsp3) is 0.250. The van der Waals surface area contributed by atoms with E-state index in [1.807, 2.05) is 0 Å². The fourth-order valence-electron chi connectivity index (χ4n) is 3.85. The average molecular weight is 329 g/mol. The van der Waals surface area contributed by atoms with Crippen molar-refractivity contribution in [1.29, 1.82) is 0 Å². The smallest absolute Gasteiger partial charge is 0.00716 e. The molecule has 3 aromatic carbocycles. The molecule has 25 heavy (non-hydrogen) atoms. The van der Waals surface area contributed by atoms with Crippen LogP contribution >= 0.6 is 0 Å². The molecule has 1 heteroatoms. The van der Waals surface area contributed by atoms with Crippen molar-refractivity contribution in [2.45, 2.75) is 25.7 Å². The van der Waals surface area contributed by atoms with E-state index in [1.165, 1.54) is 16.7 Å². The average Bonchev–Trinajstić information content (AvgIpc) is 2.64. The van der Waals surface area contributed by atoms with Gasteiger partial charge in [-0.15, -0.1) is 0 Å². The Hall–Kier alpha value is -2.38. The first-order valence-corrected chi connectivity index (χ1v) is 9.12. The van der Waals surface area contributed by atoms with Crippen LogP contribution in [0.3, 0.4) is 0 Å². The van der Waals surface area contributed by atoms with Gasteiger partial charge in [0.05, 0.1) is 0 Å². The summed E-state index contributed by atoms with van der Waals surface area (Å²) >= 11 is 0. The highest BCUT2D eigenvalue weighted by Gasteiger charge is 2.30. The van der Waals surface area contributed by atoms with E-state index in [4.69, 9.17) is 5.73 Å². The predicted octanol–water partition coefficient (Wildman–Crippen LogP) is 5.05. The van der Waals surface area contributed by atoms with E-state index in [0.717, 1.165) is 25.7 Å². The molecule has 0 heterocycles. The minimum Gasteiger partial charge on any atom is -0.330 e. The summed E-state index contributed by atoms with van der Waals surface area (Å²) in [6, 6.07) is 32.5. The predicted molar refractivity (Wildman–Crippen MR) is 107 cm³/mol. The van der Waals surface area contributed by atoms with Crippen LogP contribution in [0.5, 0.6) is 0 Å². The molecule has 0 unspecified atom stereocenters. The number of rotatable bonds is 8. The van der Waals surface area contributed by atoms with Gasteiger partial charge < -0.3 is 5.73 Å². The van der Waals surface area contributed by atoms with Crippen molar-refractivity contribution in [3.05, 3.63) is 108 Å². The molecule has 0 aliphatic rings. The Kier molecular flexibility index (Phi) is 6.03. The van der Waals surface area contributed by atoms with E-state index in [1.54, 1.807) is 0 Å². The lowest BCUT2D eigenvalue weighted by atomic mass is 9.70. The van der Waals surface area contributed by atoms with E-state index in [0.29, 0.717) is 6.54 Å². The highest BCUT2D eigenvalue weighted by Crippen LogP contribution is 2.35. The molecule has 0 spiro atoms. The molecule has 0 atom stereocenters. The van der Waals surface area contributed by atoms with Gasteiger partial charge in [-0.3, -0.25) is 0 Å². The Morgan fingerprint density at radius 2 is 0.840 bits per heavy atom. The highest BCUT2D eigenvalue weighted by molar-refractivity contribution is 5.24. The number of benzene rings is 3. The van der Waals surface area contributed by atoms with Crippen LogP contribution in [0.1, 0.15) is 23.1 Å². The first-order chi connectivity index (χ1) is 12.3. The Labute approximate surface area is 151 Å². The molecular weight excluding hydrogens is 302 g/mol. The summed E-state index contributed by atoms with van der Waals surface area (Å²) in [5, 5.41) is 0. The second-order valence-corrected chi connectivity index (χ2v) is 7.03. The molecule has 3 aromatic rings. The van der Waals surface area contributed by atoms with E-state index in [-0.39, 0.29) is 5.41 Å². The van der Waals surface area contributed by atoms with Crippen molar-refractivity contribution in [2.24, 2.45) is 11.1 Å². The summed E-state index contributed by atoms with van der Waals surface area (Å²) in [5.74, 6) is 0. The second kappa shape index (κ2) is 8.64. The maximum absolute atomic E-state index is 6.08. The van der Waals surface area contributed by atoms with Crippen LogP contribution in [0.25, 0.3) is 0 Å². The molecule has 0 radical (unpaired) electrons. The van der Waals surface area contributed by atoms with Gasteiger partial charge in [0.15, 0.2) is 0 Å². The summed E-state index contributed by atoms with van der Waals surface area (Å²) < 4.78 is 0. The third-order valence-electron chi connectivity index (χ3n) is 4.94. The zero-order valence-corrected chi connectivity index (χ0v) is 14.8. The molecule has 0 fully saturated rings. The number of hydrogen-bond acceptors (Lipinski definition) is 1. The van der Waals surface area contributed by atoms with Crippen molar-refractivity contribution in [1.82, 2.24) is 0 Å². The second-order valence-electron chi connectivity index (χ2n) is 7.03. The van der Waals surface area contributed by atoms with Crippen molar-refractivity contribution >= 4 is 0 Å². The SMILES string of the molecule is NCCC(Cc1ccccc1)(Cc1ccccc1)Cc1ccccc1. The minimum atomic E-state index is 0.138. The van der Waals surface area contributed by atoms with Crippen LogP contribution in [0, 0.1) is 5.41 Å². The molecule has 0 aliphatic carbocycles. The third-order valence-corrected chi connectivity index (χ3v) is 4.94. The molecule has 0 saturated heterocycles. The van der Waals surface area contributed by atoms with Gasteiger partial charge in [-0.2, -0.15) is 0 Å². The lowest BCUT2D eigenvalue weighted by molar-refractivity contribution is 0.259. The Balaban J connectivity index is 1.94. The van der Waals surface area contributed by atoms with Gasteiger partial charge in [-0.05, 0) is 54.3 Å². The molecule has 0 bridgehead atoms. The monoisotopic (exact) mass is 329 g/mol. The van der Waals surface area contributed by atoms with E-state index in [2.05, 4.69) is 91.0 Å². The number of hydrogen-bond donors (Lipinski definition) is 1. The number of nitrogens with two attached hydrogens (primary N) is 1. The maximum Gasteiger partial charge on any atom is -0.00716 e. The summed E-state index contributed by atoms with van der Waals surface area (Å²) in [6.45, 7) is 0.715. The summed E-state index contributed by atoms with van der Waals surface area (Å²) in [6.07, 6.45) is 4.17.